The molecule has 1 saturated heterocycles. The summed E-state index contributed by atoms with van der Waals surface area (Å²) in [6.07, 6.45) is -1.91. The SMILES string of the molecule is O=C(/C=C/c1cc2c(c(C(F)(F)F)c1)OCO2)N1CCNCC1. The number of hydrogen-bond acceptors (Lipinski definition) is 4. The molecular weight excluding hydrogens is 313 g/mol. The molecule has 3 rings (SSSR count). The van der Waals surface area contributed by atoms with Gasteiger partial charge in [0.1, 0.15) is 5.56 Å². The molecule has 0 aliphatic carbocycles. The molecule has 0 saturated carbocycles. The fourth-order valence-electron chi connectivity index (χ4n) is 2.50. The smallest absolute Gasteiger partial charge is 0.420 e. The van der Waals surface area contributed by atoms with E-state index < -0.39 is 11.7 Å². The van der Waals surface area contributed by atoms with Gasteiger partial charge in [0.25, 0.3) is 0 Å². The molecule has 0 spiro atoms. The number of benzene rings is 1. The minimum Gasteiger partial charge on any atom is -0.454 e. The molecule has 23 heavy (non-hydrogen) atoms. The Morgan fingerprint density at radius 1 is 1.22 bits per heavy atom. The number of rotatable bonds is 2. The summed E-state index contributed by atoms with van der Waals surface area (Å²) in [6, 6.07) is 2.38. The fourth-order valence-corrected chi connectivity index (χ4v) is 2.50. The number of piperazine rings is 1. The average molecular weight is 328 g/mol. The van der Waals surface area contributed by atoms with Crippen LogP contribution in [0.1, 0.15) is 11.1 Å². The lowest BCUT2D eigenvalue weighted by molar-refractivity contribution is -0.138. The van der Waals surface area contributed by atoms with Crippen LogP contribution in [0.4, 0.5) is 13.2 Å². The zero-order chi connectivity index (χ0) is 16.4. The first-order valence-corrected chi connectivity index (χ1v) is 7.14. The van der Waals surface area contributed by atoms with Gasteiger partial charge >= 0.3 is 6.18 Å². The molecule has 0 unspecified atom stereocenters. The van der Waals surface area contributed by atoms with Gasteiger partial charge in [0.15, 0.2) is 11.5 Å². The van der Waals surface area contributed by atoms with Crippen molar-refractivity contribution in [3.8, 4) is 11.5 Å². The standard InChI is InChI=1S/C15H15F3N2O3/c16-15(17,18)11-7-10(8-12-14(11)23-9-22-12)1-2-13(21)20-5-3-19-4-6-20/h1-2,7-8,19H,3-6,9H2/b2-1+. The predicted molar refractivity (Wildman–Crippen MR) is 76.1 cm³/mol. The van der Waals surface area contributed by atoms with E-state index in [1.54, 1.807) is 4.90 Å². The van der Waals surface area contributed by atoms with Crippen LogP contribution in [0.2, 0.25) is 0 Å². The first-order chi connectivity index (χ1) is 10.9. The molecule has 1 amide bonds. The van der Waals surface area contributed by atoms with Gasteiger partial charge in [-0.15, -0.1) is 0 Å². The molecule has 0 atom stereocenters. The maximum absolute atomic E-state index is 13.1. The Hall–Kier alpha value is -2.22. The van der Waals surface area contributed by atoms with Crippen molar-refractivity contribution in [2.75, 3.05) is 33.0 Å². The number of fused-ring (bicyclic) bond motifs is 1. The third-order valence-corrected chi connectivity index (χ3v) is 3.65. The van der Waals surface area contributed by atoms with E-state index in [-0.39, 0.29) is 29.8 Å². The van der Waals surface area contributed by atoms with Crippen LogP contribution in [0.15, 0.2) is 18.2 Å². The second-order valence-corrected chi connectivity index (χ2v) is 5.21. The molecular formula is C15H15F3N2O3. The van der Waals surface area contributed by atoms with Crippen molar-refractivity contribution in [3.63, 3.8) is 0 Å². The molecule has 1 aromatic carbocycles. The normalized spacial score (nSPS) is 17.8. The van der Waals surface area contributed by atoms with E-state index in [1.165, 1.54) is 18.2 Å². The monoisotopic (exact) mass is 328 g/mol. The molecule has 2 heterocycles. The van der Waals surface area contributed by atoms with Crippen LogP contribution >= 0.6 is 0 Å². The number of amides is 1. The van der Waals surface area contributed by atoms with Gasteiger partial charge in [-0.25, -0.2) is 0 Å². The van der Waals surface area contributed by atoms with E-state index in [1.807, 2.05) is 0 Å². The van der Waals surface area contributed by atoms with E-state index in [0.717, 1.165) is 6.07 Å². The van der Waals surface area contributed by atoms with Crippen LogP contribution in [-0.2, 0) is 11.0 Å². The number of carbonyl (C=O) groups is 1. The summed E-state index contributed by atoms with van der Waals surface area (Å²) in [5.41, 5.74) is -0.660. The lowest BCUT2D eigenvalue weighted by atomic mass is 10.1. The molecule has 5 nitrogen and oxygen atoms in total. The van der Waals surface area contributed by atoms with Crippen molar-refractivity contribution >= 4 is 12.0 Å². The summed E-state index contributed by atoms with van der Waals surface area (Å²) in [5.74, 6) is -0.491. The highest BCUT2D eigenvalue weighted by Gasteiger charge is 2.38. The molecule has 2 aliphatic rings. The Balaban J connectivity index is 1.83. The van der Waals surface area contributed by atoms with Crippen molar-refractivity contribution in [2.24, 2.45) is 0 Å². The van der Waals surface area contributed by atoms with Crippen LogP contribution in [0.3, 0.4) is 0 Å². The highest BCUT2D eigenvalue weighted by atomic mass is 19.4. The third kappa shape index (κ3) is 3.42. The molecule has 124 valence electrons. The van der Waals surface area contributed by atoms with E-state index >= 15 is 0 Å². The molecule has 1 fully saturated rings. The number of alkyl halides is 3. The van der Waals surface area contributed by atoms with Crippen LogP contribution < -0.4 is 14.8 Å². The summed E-state index contributed by atoms with van der Waals surface area (Å²) in [4.78, 5) is 13.7. The number of carbonyl (C=O) groups excluding carboxylic acids is 1. The van der Waals surface area contributed by atoms with Gasteiger partial charge in [-0.2, -0.15) is 13.2 Å². The van der Waals surface area contributed by atoms with Gasteiger partial charge in [0, 0.05) is 32.3 Å². The minimum absolute atomic E-state index is 0.0362. The maximum atomic E-state index is 13.1. The minimum atomic E-state index is -4.55. The van der Waals surface area contributed by atoms with Crippen molar-refractivity contribution in [1.29, 1.82) is 0 Å². The molecule has 0 bridgehead atoms. The molecule has 1 N–H and O–H groups in total. The second kappa shape index (κ2) is 6.11. The summed E-state index contributed by atoms with van der Waals surface area (Å²) < 4.78 is 49.1. The molecule has 1 aromatic rings. The Bertz CT molecular complexity index is 638. The first-order valence-electron chi connectivity index (χ1n) is 7.14. The fraction of sp³-hybridized carbons (Fsp3) is 0.400. The van der Waals surface area contributed by atoms with Gasteiger partial charge in [0.2, 0.25) is 12.7 Å². The van der Waals surface area contributed by atoms with Gasteiger partial charge in [-0.05, 0) is 23.8 Å². The maximum Gasteiger partial charge on any atom is 0.420 e. The van der Waals surface area contributed by atoms with Gasteiger partial charge in [-0.3, -0.25) is 4.79 Å². The topological polar surface area (TPSA) is 50.8 Å². The molecule has 2 aliphatic heterocycles. The summed E-state index contributed by atoms with van der Waals surface area (Å²) in [5, 5.41) is 3.12. The Labute approximate surface area is 130 Å². The summed E-state index contributed by atoms with van der Waals surface area (Å²) >= 11 is 0. The van der Waals surface area contributed by atoms with E-state index in [2.05, 4.69) is 5.32 Å². The highest BCUT2D eigenvalue weighted by molar-refractivity contribution is 5.92. The quantitative estimate of drug-likeness (QED) is 0.842. The van der Waals surface area contributed by atoms with E-state index in [4.69, 9.17) is 9.47 Å². The molecule has 8 heteroatoms. The molecule has 0 aromatic heterocycles. The van der Waals surface area contributed by atoms with Crippen molar-refractivity contribution in [3.05, 3.63) is 29.3 Å². The number of halogens is 3. The van der Waals surface area contributed by atoms with Gasteiger partial charge in [-0.1, -0.05) is 0 Å². The molecule has 0 radical (unpaired) electrons. The number of nitrogens with zero attached hydrogens (tertiary/aromatic N) is 1. The Morgan fingerprint density at radius 3 is 2.65 bits per heavy atom. The largest absolute Gasteiger partial charge is 0.454 e. The summed E-state index contributed by atoms with van der Waals surface area (Å²) in [7, 11) is 0. The van der Waals surface area contributed by atoms with Crippen LogP contribution in [0.25, 0.3) is 6.08 Å². The predicted octanol–water partition coefficient (Wildman–Crippen LogP) is 1.88. The zero-order valence-electron chi connectivity index (χ0n) is 12.2. The van der Waals surface area contributed by atoms with Crippen LogP contribution in [-0.4, -0.2) is 43.8 Å². The average Bonchev–Trinajstić information content (AvgIpc) is 3.00. The lowest BCUT2D eigenvalue weighted by Crippen LogP contribution is -2.45. The highest BCUT2D eigenvalue weighted by Crippen LogP contribution is 2.45. The van der Waals surface area contributed by atoms with Crippen molar-refractivity contribution in [1.82, 2.24) is 10.2 Å². The lowest BCUT2D eigenvalue weighted by Gasteiger charge is -2.26. The Kier molecular flexibility index (Phi) is 4.16. The third-order valence-electron chi connectivity index (χ3n) is 3.65. The van der Waals surface area contributed by atoms with E-state index in [9.17, 15) is 18.0 Å². The van der Waals surface area contributed by atoms with Crippen molar-refractivity contribution in [2.45, 2.75) is 6.18 Å². The zero-order valence-corrected chi connectivity index (χ0v) is 12.2. The summed E-state index contributed by atoms with van der Waals surface area (Å²) in [6.45, 7) is 2.34. The number of ether oxygens (including phenoxy) is 2. The van der Waals surface area contributed by atoms with Crippen LogP contribution in [0, 0.1) is 0 Å². The Morgan fingerprint density at radius 2 is 1.96 bits per heavy atom. The van der Waals surface area contributed by atoms with E-state index in [0.29, 0.717) is 26.2 Å². The second-order valence-electron chi connectivity index (χ2n) is 5.21. The van der Waals surface area contributed by atoms with Crippen molar-refractivity contribution < 1.29 is 27.4 Å². The van der Waals surface area contributed by atoms with Crippen LogP contribution in [0.5, 0.6) is 11.5 Å². The van der Waals surface area contributed by atoms with Gasteiger partial charge < -0.3 is 19.7 Å². The first kappa shape index (κ1) is 15.7. The van der Waals surface area contributed by atoms with Gasteiger partial charge in [0.05, 0.1) is 0 Å². The number of hydrogen-bond donors (Lipinski definition) is 1. The number of nitrogens with one attached hydrogen (secondary N) is 1.